The summed E-state index contributed by atoms with van der Waals surface area (Å²) in [4.78, 5) is 4.85. The molecule has 3 aliphatic rings. The second kappa shape index (κ2) is 4.39. The van der Waals surface area contributed by atoms with Gasteiger partial charge in [0, 0.05) is 25.5 Å². The topological polar surface area (TPSA) is 33.6 Å². The summed E-state index contributed by atoms with van der Waals surface area (Å²) in [5, 5.41) is 4.84. The molecule has 2 heterocycles. The largest absolute Gasteiger partial charge is 0.381 e. The van der Waals surface area contributed by atoms with E-state index in [4.69, 9.17) is 9.73 Å². The molecule has 2 aliphatic heterocycles. The van der Waals surface area contributed by atoms with Crippen LogP contribution in [0.25, 0.3) is 0 Å². The van der Waals surface area contributed by atoms with Crippen LogP contribution in [0.5, 0.6) is 0 Å². The van der Waals surface area contributed by atoms with E-state index in [1.165, 1.54) is 5.17 Å². The van der Waals surface area contributed by atoms with Gasteiger partial charge >= 0.3 is 0 Å². The molecule has 2 saturated heterocycles. The maximum absolute atomic E-state index is 5.47. The summed E-state index contributed by atoms with van der Waals surface area (Å²) in [5.74, 6) is 1.88. The highest BCUT2D eigenvalue weighted by Gasteiger charge is 2.64. The van der Waals surface area contributed by atoms with Crippen molar-refractivity contribution in [2.24, 2.45) is 21.7 Å². The Morgan fingerprint density at radius 1 is 1.21 bits per heavy atom. The monoisotopic (exact) mass is 282 g/mol. The van der Waals surface area contributed by atoms with Crippen molar-refractivity contribution in [1.29, 1.82) is 0 Å². The van der Waals surface area contributed by atoms with E-state index < -0.39 is 0 Å². The van der Waals surface area contributed by atoms with Crippen molar-refractivity contribution in [3.8, 4) is 0 Å². The van der Waals surface area contributed by atoms with E-state index in [1.54, 1.807) is 0 Å². The van der Waals surface area contributed by atoms with Crippen LogP contribution in [0.3, 0.4) is 0 Å². The van der Waals surface area contributed by atoms with E-state index in [9.17, 15) is 0 Å². The summed E-state index contributed by atoms with van der Waals surface area (Å²) in [6.07, 6.45) is 2.25. The standard InChI is InChI=1S/C15H26N2OS/c1-13(2)11(14(13,3)4)9-16-12-17-15(10-19-12)5-7-18-8-6-15/h11H,5-10H2,1-4H3,(H,16,17). The van der Waals surface area contributed by atoms with Crippen LogP contribution in [0.1, 0.15) is 40.5 Å². The van der Waals surface area contributed by atoms with Crippen molar-refractivity contribution in [2.75, 3.05) is 25.5 Å². The van der Waals surface area contributed by atoms with Crippen molar-refractivity contribution < 1.29 is 4.74 Å². The molecule has 1 spiro atoms. The van der Waals surface area contributed by atoms with Crippen molar-refractivity contribution in [2.45, 2.75) is 46.1 Å². The Bertz CT molecular complexity index is 383. The third-order valence-electron chi connectivity index (χ3n) is 6.04. The predicted molar refractivity (Wildman–Crippen MR) is 81.7 cm³/mol. The molecule has 3 fully saturated rings. The number of amidine groups is 1. The second-order valence-electron chi connectivity index (χ2n) is 7.45. The molecule has 0 unspecified atom stereocenters. The minimum Gasteiger partial charge on any atom is -0.381 e. The lowest BCUT2D eigenvalue weighted by molar-refractivity contribution is 0.0555. The number of hydrogen-bond donors (Lipinski definition) is 1. The lowest BCUT2D eigenvalue weighted by Gasteiger charge is -2.32. The van der Waals surface area contributed by atoms with E-state index in [0.717, 1.165) is 44.3 Å². The van der Waals surface area contributed by atoms with Gasteiger partial charge in [-0.2, -0.15) is 0 Å². The molecule has 0 aromatic carbocycles. The Kier molecular flexibility index (Phi) is 3.17. The summed E-state index contributed by atoms with van der Waals surface area (Å²) >= 11 is 1.90. The first kappa shape index (κ1) is 13.7. The summed E-state index contributed by atoms with van der Waals surface area (Å²) in [5.41, 5.74) is 1.16. The van der Waals surface area contributed by atoms with Crippen LogP contribution in [0, 0.1) is 16.7 Å². The first-order valence-electron chi connectivity index (χ1n) is 7.41. The van der Waals surface area contributed by atoms with Gasteiger partial charge in [-0.05, 0) is 29.6 Å². The first-order valence-corrected chi connectivity index (χ1v) is 8.39. The maximum Gasteiger partial charge on any atom is 0.157 e. The van der Waals surface area contributed by atoms with Crippen LogP contribution in [0.2, 0.25) is 0 Å². The van der Waals surface area contributed by atoms with Crippen molar-refractivity contribution in [3.05, 3.63) is 0 Å². The molecule has 108 valence electrons. The van der Waals surface area contributed by atoms with E-state index >= 15 is 0 Å². The Morgan fingerprint density at radius 2 is 1.84 bits per heavy atom. The molecular formula is C15H26N2OS. The first-order chi connectivity index (χ1) is 8.87. The third-order valence-corrected chi connectivity index (χ3v) is 7.25. The van der Waals surface area contributed by atoms with Crippen molar-refractivity contribution >= 4 is 16.9 Å². The zero-order valence-electron chi connectivity index (χ0n) is 12.6. The van der Waals surface area contributed by atoms with E-state index in [2.05, 4.69) is 33.0 Å². The molecule has 3 nitrogen and oxygen atoms in total. The highest BCUT2D eigenvalue weighted by molar-refractivity contribution is 8.14. The molecule has 0 radical (unpaired) electrons. The molecule has 0 atom stereocenters. The van der Waals surface area contributed by atoms with Gasteiger partial charge < -0.3 is 10.1 Å². The minimum atomic E-state index is 0.274. The Morgan fingerprint density at radius 3 is 2.42 bits per heavy atom. The molecule has 0 bridgehead atoms. The van der Waals surface area contributed by atoms with Gasteiger partial charge in [0.15, 0.2) is 5.17 Å². The molecule has 19 heavy (non-hydrogen) atoms. The fraction of sp³-hybridized carbons (Fsp3) is 0.933. The average molecular weight is 282 g/mol. The van der Waals surface area contributed by atoms with Gasteiger partial charge in [-0.1, -0.05) is 39.5 Å². The van der Waals surface area contributed by atoms with Crippen LogP contribution in [0.4, 0.5) is 0 Å². The third kappa shape index (κ3) is 2.21. The molecule has 1 saturated carbocycles. The van der Waals surface area contributed by atoms with E-state index in [-0.39, 0.29) is 5.54 Å². The van der Waals surface area contributed by atoms with Crippen molar-refractivity contribution in [3.63, 3.8) is 0 Å². The second-order valence-corrected chi connectivity index (χ2v) is 8.41. The molecule has 0 aromatic rings. The Labute approximate surface area is 121 Å². The maximum atomic E-state index is 5.47. The highest BCUT2D eigenvalue weighted by atomic mass is 32.2. The number of nitrogens with zero attached hydrogens (tertiary/aromatic N) is 1. The van der Waals surface area contributed by atoms with Crippen LogP contribution < -0.4 is 5.32 Å². The van der Waals surface area contributed by atoms with Gasteiger partial charge in [-0.15, -0.1) is 0 Å². The van der Waals surface area contributed by atoms with Gasteiger partial charge in [0.2, 0.25) is 0 Å². The van der Waals surface area contributed by atoms with Gasteiger partial charge in [0.1, 0.15) is 0 Å². The highest BCUT2D eigenvalue weighted by Crippen LogP contribution is 2.68. The van der Waals surface area contributed by atoms with Gasteiger partial charge in [-0.3, -0.25) is 4.99 Å². The average Bonchev–Trinajstić information content (AvgIpc) is 2.64. The van der Waals surface area contributed by atoms with Crippen LogP contribution in [-0.4, -0.2) is 36.2 Å². The van der Waals surface area contributed by atoms with E-state index in [0.29, 0.717) is 10.8 Å². The number of nitrogens with one attached hydrogen (secondary N) is 1. The molecule has 3 rings (SSSR count). The summed E-state index contributed by atoms with van der Waals surface area (Å²) in [6, 6.07) is 0. The lowest BCUT2D eigenvalue weighted by atomic mass is 9.93. The molecule has 4 heteroatoms. The quantitative estimate of drug-likeness (QED) is 0.845. The molecular weight excluding hydrogens is 256 g/mol. The normalized spacial score (nSPS) is 33.6. The number of thioether (sulfide) groups is 1. The van der Waals surface area contributed by atoms with Gasteiger partial charge in [0.05, 0.1) is 5.54 Å². The summed E-state index contributed by atoms with van der Waals surface area (Å²) in [6.45, 7) is 12.2. The SMILES string of the molecule is CC1(C)C(CN=C2NC3(CCOCC3)CS2)C1(C)C. The molecule has 1 aliphatic carbocycles. The molecule has 0 amide bonds. The Balaban J connectivity index is 1.58. The van der Waals surface area contributed by atoms with Crippen LogP contribution >= 0.6 is 11.8 Å². The lowest BCUT2D eigenvalue weighted by Crippen LogP contribution is -2.48. The summed E-state index contributed by atoms with van der Waals surface area (Å²) < 4.78 is 5.47. The van der Waals surface area contributed by atoms with E-state index in [1.807, 2.05) is 11.8 Å². The minimum absolute atomic E-state index is 0.274. The van der Waals surface area contributed by atoms with Gasteiger partial charge in [0.25, 0.3) is 0 Å². The van der Waals surface area contributed by atoms with Gasteiger partial charge in [-0.25, -0.2) is 0 Å². The number of hydrogen-bond acceptors (Lipinski definition) is 3. The molecule has 1 N–H and O–H groups in total. The predicted octanol–water partition coefficient (Wildman–Crippen LogP) is 2.91. The fourth-order valence-electron chi connectivity index (χ4n) is 3.59. The van der Waals surface area contributed by atoms with Crippen LogP contribution in [-0.2, 0) is 4.74 Å². The zero-order valence-corrected chi connectivity index (χ0v) is 13.4. The number of aliphatic imine (C=N–C) groups is 1. The molecule has 0 aromatic heterocycles. The smallest absolute Gasteiger partial charge is 0.157 e. The number of ether oxygens (including phenoxy) is 1. The number of rotatable bonds is 2. The summed E-state index contributed by atoms with van der Waals surface area (Å²) in [7, 11) is 0. The van der Waals surface area contributed by atoms with Crippen molar-refractivity contribution in [1.82, 2.24) is 5.32 Å². The van der Waals surface area contributed by atoms with Crippen LogP contribution in [0.15, 0.2) is 4.99 Å². The zero-order chi connectivity index (χ0) is 13.7. The Hall–Kier alpha value is -0.220. The fourth-order valence-corrected chi connectivity index (χ4v) is 4.81.